The molecule has 6 nitrogen and oxygen atoms in total. The Balaban J connectivity index is 2.27. The molecule has 0 saturated carbocycles. The van der Waals surface area contributed by atoms with Crippen LogP contribution >= 0.6 is 27.5 Å². The molecule has 0 aliphatic carbocycles. The van der Waals surface area contributed by atoms with Gasteiger partial charge in [0.1, 0.15) is 10.9 Å². The highest BCUT2D eigenvalue weighted by molar-refractivity contribution is 9.10. The van der Waals surface area contributed by atoms with Crippen LogP contribution in [0.1, 0.15) is 10.4 Å². The average molecular weight is 373 g/mol. The molecule has 0 unspecified atom stereocenters. The summed E-state index contributed by atoms with van der Waals surface area (Å²) >= 11 is 9.13. The molecule has 1 aromatic heterocycles. The van der Waals surface area contributed by atoms with Crippen LogP contribution in [0.3, 0.4) is 0 Å². The van der Waals surface area contributed by atoms with Gasteiger partial charge in [-0.3, -0.25) is 10.1 Å². The van der Waals surface area contributed by atoms with Crippen LogP contribution < -0.4 is 14.8 Å². The van der Waals surface area contributed by atoms with Gasteiger partial charge >= 0.3 is 0 Å². The highest BCUT2D eigenvalue weighted by Crippen LogP contribution is 2.23. The van der Waals surface area contributed by atoms with Crippen molar-refractivity contribution in [1.29, 1.82) is 0 Å². The molecule has 2 rings (SSSR count). The molecule has 0 fully saturated rings. The standard InChI is InChI=1S/C13H11BrClN3O3/c1-20-7-3-4-9(14)8(5-7)12(19)18-13-16-10(15)6-11(17-13)21-2/h3-6H,1-2H3,(H,16,17,18,19). The topological polar surface area (TPSA) is 73.3 Å². The smallest absolute Gasteiger partial charge is 0.259 e. The third kappa shape index (κ3) is 3.83. The van der Waals surface area contributed by atoms with E-state index in [4.69, 9.17) is 21.1 Å². The number of carbonyl (C=O) groups is 1. The number of hydrogen-bond acceptors (Lipinski definition) is 5. The largest absolute Gasteiger partial charge is 0.497 e. The van der Waals surface area contributed by atoms with Crippen LogP contribution in [0.25, 0.3) is 0 Å². The molecule has 8 heteroatoms. The molecule has 21 heavy (non-hydrogen) atoms. The zero-order valence-corrected chi connectivity index (χ0v) is 13.5. The molecule has 0 atom stereocenters. The molecule has 0 radical (unpaired) electrons. The molecule has 0 aliphatic rings. The molecular weight excluding hydrogens is 362 g/mol. The Hall–Kier alpha value is -1.86. The maximum absolute atomic E-state index is 12.3. The number of carbonyl (C=O) groups excluding carboxylic acids is 1. The van der Waals surface area contributed by atoms with Gasteiger partial charge in [0, 0.05) is 10.5 Å². The van der Waals surface area contributed by atoms with Crippen molar-refractivity contribution in [3.63, 3.8) is 0 Å². The first-order valence-corrected chi connectivity index (χ1v) is 6.94. The Labute approximate surface area is 134 Å². The van der Waals surface area contributed by atoms with E-state index in [9.17, 15) is 4.79 Å². The number of hydrogen-bond donors (Lipinski definition) is 1. The zero-order valence-electron chi connectivity index (χ0n) is 11.2. The Kier molecular flexibility index (Phi) is 4.98. The minimum absolute atomic E-state index is 0.0547. The van der Waals surface area contributed by atoms with Crippen LogP contribution in [-0.4, -0.2) is 30.1 Å². The highest BCUT2D eigenvalue weighted by atomic mass is 79.9. The molecule has 1 aromatic carbocycles. The van der Waals surface area contributed by atoms with Crippen LogP contribution in [-0.2, 0) is 0 Å². The predicted octanol–water partition coefficient (Wildman–Crippen LogP) is 3.16. The fraction of sp³-hybridized carbons (Fsp3) is 0.154. The summed E-state index contributed by atoms with van der Waals surface area (Å²) in [6, 6.07) is 6.49. The Morgan fingerprint density at radius 3 is 2.67 bits per heavy atom. The lowest BCUT2D eigenvalue weighted by Gasteiger charge is -2.08. The number of nitrogens with one attached hydrogen (secondary N) is 1. The van der Waals surface area contributed by atoms with E-state index in [1.165, 1.54) is 20.3 Å². The number of methoxy groups -OCH3 is 2. The monoisotopic (exact) mass is 371 g/mol. The number of halogens is 2. The van der Waals surface area contributed by atoms with Crippen molar-refractivity contribution < 1.29 is 14.3 Å². The normalized spacial score (nSPS) is 10.1. The summed E-state index contributed by atoms with van der Waals surface area (Å²) in [5.74, 6) is 0.479. The summed E-state index contributed by atoms with van der Waals surface area (Å²) in [6.07, 6.45) is 0. The lowest BCUT2D eigenvalue weighted by Crippen LogP contribution is -2.15. The van der Waals surface area contributed by atoms with E-state index in [0.29, 0.717) is 15.8 Å². The summed E-state index contributed by atoms with van der Waals surface area (Å²) in [7, 11) is 2.97. The molecule has 2 aromatic rings. The molecule has 0 bridgehead atoms. The van der Waals surface area contributed by atoms with Gasteiger partial charge < -0.3 is 9.47 Å². The van der Waals surface area contributed by atoms with E-state index < -0.39 is 5.91 Å². The van der Waals surface area contributed by atoms with Crippen molar-refractivity contribution in [3.05, 3.63) is 39.5 Å². The second-order valence-corrected chi connectivity index (χ2v) is 5.10. The van der Waals surface area contributed by atoms with Gasteiger partial charge in [-0.15, -0.1) is 0 Å². The molecule has 0 saturated heterocycles. The van der Waals surface area contributed by atoms with Crippen molar-refractivity contribution in [2.75, 3.05) is 19.5 Å². The van der Waals surface area contributed by atoms with Crippen molar-refractivity contribution in [2.45, 2.75) is 0 Å². The Bertz CT molecular complexity index is 682. The van der Waals surface area contributed by atoms with Gasteiger partial charge in [0.05, 0.1) is 19.8 Å². The van der Waals surface area contributed by atoms with Crippen molar-refractivity contribution in [1.82, 2.24) is 9.97 Å². The van der Waals surface area contributed by atoms with Crippen molar-refractivity contribution in [2.24, 2.45) is 0 Å². The van der Waals surface area contributed by atoms with Gasteiger partial charge in [-0.1, -0.05) is 11.6 Å². The third-order valence-electron chi connectivity index (χ3n) is 2.52. The number of anilines is 1. The fourth-order valence-electron chi connectivity index (χ4n) is 1.53. The first-order valence-electron chi connectivity index (χ1n) is 5.77. The average Bonchev–Trinajstić information content (AvgIpc) is 2.46. The molecule has 0 aliphatic heterocycles. The van der Waals surface area contributed by atoms with Gasteiger partial charge in [0.2, 0.25) is 11.8 Å². The molecule has 1 amide bonds. The lowest BCUT2D eigenvalue weighted by molar-refractivity contribution is 0.102. The van der Waals surface area contributed by atoms with Crippen LogP contribution in [0.5, 0.6) is 11.6 Å². The van der Waals surface area contributed by atoms with E-state index in [0.717, 1.165) is 0 Å². The first-order chi connectivity index (χ1) is 10.0. The Morgan fingerprint density at radius 1 is 1.24 bits per heavy atom. The summed E-state index contributed by atoms with van der Waals surface area (Å²) in [5.41, 5.74) is 0.386. The number of amides is 1. The summed E-state index contributed by atoms with van der Waals surface area (Å²) in [6.45, 7) is 0. The maximum Gasteiger partial charge on any atom is 0.259 e. The van der Waals surface area contributed by atoms with Crippen LogP contribution in [0.15, 0.2) is 28.7 Å². The minimum Gasteiger partial charge on any atom is -0.497 e. The number of benzene rings is 1. The molecule has 0 spiro atoms. The van der Waals surface area contributed by atoms with Crippen molar-refractivity contribution in [3.8, 4) is 11.6 Å². The molecule has 1 N–H and O–H groups in total. The van der Waals surface area contributed by atoms with Gasteiger partial charge in [-0.25, -0.2) is 4.98 Å². The van der Waals surface area contributed by atoms with E-state index in [1.807, 2.05) is 0 Å². The second-order valence-electron chi connectivity index (χ2n) is 3.86. The fourth-order valence-corrected chi connectivity index (χ4v) is 2.13. The minimum atomic E-state index is -0.398. The van der Waals surface area contributed by atoms with Crippen LogP contribution in [0.2, 0.25) is 5.15 Å². The van der Waals surface area contributed by atoms with Crippen LogP contribution in [0.4, 0.5) is 5.95 Å². The zero-order chi connectivity index (χ0) is 15.4. The number of aromatic nitrogens is 2. The lowest BCUT2D eigenvalue weighted by atomic mass is 10.2. The quantitative estimate of drug-likeness (QED) is 0.835. The SMILES string of the molecule is COc1ccc(Br)c(C(=O)Nc2nc(Cl)cc(OC)n2)c1. The first kappa shape index (κ1) is 15.5. The summed E-state index contributed by atoms with van der Waals surface area (Å²) < 4.78 is 10.7. The second kappa shape index (κ2) is 6.73. The summed E-state index contributed by atoms with van der Waals surface area (Å²) in [4.78, 5) is 20.2. The van der Waals surface area contributed by atoms with Crippen LogP contribution in [0, 0.1) is 0 Å². The highest BCUT2D eigenvalue weighted by Gasteiger charge is 2.14. The molecular formula is C13H11BrClN3O3. The maximum atomic E-state index is 12.3. The molecule has 110 valence electrons. The predicted molar refractivity (Wildman–Crippen MR) is 82.2 cm³/mol. The number of rotatable bonds is 4. The van der Waals surface area contributed by atoms with E-state index in [2.05, 4.69) is 31.2 Å². The molecule has 1 heterocycles. The van der Waals surface area contributed by atoms with Gasteiger partial charge in [0.15, 0.2) is 0 Å². The van der Waals surface area contributed by atoms with E-state index in [-0.39, 0.29) is 17.0 Å². The number of ether oxygens (including phenoxy) is 2. The van der Waals surface area contributed by atoms with Gasteiger partial charge in [-0.05, 0) is 34.1 Å². The Morgan fingerprint density at radius 2 is 2.00 bits per heavy atom. The van der Waals surface area contributed by atoms with Crippen molar-refractivity contribution >= 4 is 39.4 Å². The third-order valence-corrected chi connectivity index (χ3v) is 3.41. The van der Waals surface area contributed by atoms with Gasteiger partial charge in [-0.2, -0.15) is 4.98 Å². The van der Waals surface area contributed by atoms with E-state index >= 15 is 0 Å². The van der Waals surface area contributed by atoms with Gasteiger partial charge in [0.25, 0.3) is 5.91 Å². The van der Waals surface area contributed by atoms with E-state index in [1.54, 1.807) is 18.2 Å². The summed E-state index contributed by atoms with van der Waals surface area (Å²) in [5, 5.41) is 2.72. The number of nitrogens with zero attached hydrogens (tertiary/aromatic N) is 2.